The lowest BCUT2D eigenvalue weighted by molar-refractivity contribution is -0.136. The number of carbonyl (C=O) groups is 1. The van der Waals surface area contributed by atoms with Gasteiger partial charge < -0.3 is 10.8 Å². The van der Waals surface area contributed by atoms with Gasteiger partial charge in [0.1, 0.15) is 11.6 Å². The number of hydrogen-bond donors (Lipinski definition) is 2. The summed E-state index contributed by atoms with van der Waals surface area (Å²) in [6, 6.07) is 7.04. The lowest BCUT2D eigenvalue weighted by Gasteiger charge is -2.35. The summed E-state index contributed by atoms with van der Waals surface area (Å²) in [6.07, 6.45) is 0.791. The zero-order valence-corrected chi connectivity index (χ0v) is 9.57. The largest absolute Gasteiger partial charge is 0.385 e. The third kappa shape index (κ3) is 1.75. The fourth-order valence-electron chi connectivity index (χ4n) is 2.22. The van der Waals surface area contributed by atoms with Crippen LogP contribution in [0, 0.1) is 0 Å². The predicted molar refractivity (Wildman–Crippen MR) is 62.2 cm³/mol. The highest BCUT2D eigenvalue weighted by molar-refractivity contribution is 6.31. The van der Waals surface area contributed by atoms with E-state index in [-0.39, 0.29) is 5.78 Å². The number of aliphatic hydroxyl groups is 1. The summed E-state index contributed by atoms with van der Waals surface area (Å²) in [4.78, 5) is 12.0. The Morgan fingerprint density at radius 3 is 2.81 bits per heavy atom. The van der Waals surface area contributed by atoms with Gasteiger partial charge in [0.15, 0.2) is 5.78 Å². The molecule has 1 fully saturated rings. The number of nitrogens with two attached hydrogens (primary N) is 1. The first-order valence-electron chi connectivity index (χ1n) is 5.32. The van der Waals surface area contributed by atoms with Crippen LogP contribution in [0.1, 0.15) is 24.8 Å². The summed E-state index contributed by atoms with van der Waals surface area (Å²) in [5.41, 5.74) is 5.60. The predicted octanol–water partition coefficient (Wildman–Crippen LogP) is 1.61. The Morgan fingerprint density at radius 1 is 1.44 bits per heavy atom. The molecule has 0 saturated heterocycles. The lowest BCUT2D eigenvalue weighted by atomic mass is 9.75. The maximum Gasteiger partial charge on any atom is 0.185 e. The molecule has 4 heteroatoms. The molecular formula is C12H14ClNO2. The van der Waals surface area contributed by atoms with Crippen molar-refractivity contribution in [1.82, 2.24) is 0 Å². The monoisotopic (exact) mass is 239 g/mol. The number of halogens is 1. The number of benzene rings is 1. The summed E-state index contributed by atoms with van der Waals surface area (Å²) in [7, 11) is 0. The highest BCUT2D eigenvalue weighted by Crippen LogP contribution is 2.35. The SMILES string of the molecule is N[C@@]1(c2ccccc2Cl)CCC[C@@H](O)C1=O. The van der Waals surface area contributed by atoms with Crippen LogP contribution in [0.25, 0.3) is 0 Å². The highest BCUT2D eigenvalue weighted by Gasteiger charge is 2.43. The van der Waals surface area contributed by atoms with Crippen LogP contribution in [-0.4, -0.2) is 17.0 Å². The first-order valence-corrected chi connectivity index (χ1v) is 5.70. The molecular weight excluding hydrogens is 226 g/mol. The first kappa shape index (κ1) is 11.6. The molecule has 1 aromatic rings. The van der Waals surface area contributed by atoms with E-state index in [4.69, 9.17) is 17.3 Å². The average Bonchev–Trinajstić information content (AvgIpc) is 2.26. The third-order valence-electron chi connectivity index (χ3n) is 3.15. The van der Waals surface area contributed by atoms with Gasteiger partial charge in [-0.1, -0.05) is 29.8 Å². The highest BCUT2D eigenvalue weighted by atomic mass is 35.5. The van der Waals surface area contributed by atoms with Crippen LogP contribution < -0.4 is 5.73 Å². The van der Waals surface area contributed by atoms with Crippen molar-refractivity contribution in [3.63, 3.8) is 0 Å². The van der Waals surface area contributed by atoms with Crippen LogP contribution in [0.3, 0.4) is 0 Å². The van der Waals surface area contributed by atoms with Gasteiger partial charge in [0, 0.05) is 5.02 Å². The van der Waals surface area contributed by atoms with Crippen LogP contribution in [0.15, 0.2) is 24.3 Å². The average molecular weight is 240 g/mol. The maximum atomic E-state index is 12.0. The molecule has 2 rings (SSSR count). The van der Waals surface area contributed by atoms with E-state index in [0.717, 1.165) is 6.42 Å². The second-order valence-electron chi connectivity index (χ2n) is 4.22. The van der Waals surface area contributed by atoms with E-state index in [2.05, 4.69) is 0 Å². The second-order valence-corrected chi connectivity index (χ2v) is 4.63. The molecule has 3 N–H and O–H groups in total. The van der Waals surface area contributed by atoms with Gasteiger partial charge in [0.05, 0.1) is 0 Å². The number of ketones is 1. The van der Waals surface area contributed by atoms with Crippen LogP contribution >= 0.6 is 11.6 Å². The van der Waals surface area contributed by atoms with Crippen molar-refractivity contribution < 1.29 is 9.90 Å². The van der Waals surface area contributed by atoms with E-state index < -0.39 is 11.6 Å². The summed E-state index contributed by atoms with van der Waals surface area (Å²) in [5.74, 6) is -0.327. The zero-order valence-electron chi connectivity index (χ0n) is 8.82. The summed E-state index contributed by atoms with van der Waals surface area (Å²) in [5, 5.41) is 10.1. The van der Waals surface area contributed by atoms with Crippen molar-refractivity contribution in [1.29, 1.82) is 0 Å². The lowest BCUT2D eigenvalue weighted by Crippen LogP contribution is -2.52. The summed E-state index contributed by atoms with van der Waals surface area (Å²) < 4.78 is 0. The van der Waals surface area contributed by atoms with Crippen LogP contribution in [-0.2, 0) is 10.3 Å². The molecule has 0 spiro atoms. The zero-order chi connectivity index (χ0) is 11.8. The van der Waals surface area contributed by atoms with Gasteiger partial charge in [0.2, 0.25) is 0 Å². The molecule has 0 bridgehead atoms. The molecule has 0 aromatic heterocycles. The standard InChI is InChI=1S/C12H14ClNO2/c13-9-5-2-1-4-8(9)12(14)7-3-6-10(15)11(12)16/h1-2,4-5,10,15H,3,6-7,14H2/t10-,12-/m1/s1. The smallest absolute Gasteiger partial charge is 0.185 e. The van der Waals surface area contributed by atoms with E-state index in [1.807, 2.05) is 0 Å². The molecule has 1 aromatic carbocycles. The molecule has 3 nitrogen and oxygen atoms in total. The van der Waals surface area contributed by atoms with E-state index in [1.165, 1.54) is 0 Å². The fraction of sp³-hybridized carbons (Fsp3) is 0.417. The fourth-order valence-corrected chi connectivity index (χ4v) is 2.52. The van der Waals surface area contributed by atoms with Crippen molar-refractivity contribution in [2.75, 3.05) is 0 Å². The van der Waals surface area contributed by atoms with Gasteiger partial charge in [-0.05, 0) is 30.9 Å². The number of hydrogen-bond acceptors (Lipinski definition) is 3. The van der Waals surface area contributed by atoms with Crippen molar-refractivity contribution in [2.24, 2.45) is 5.73 Å². The van der Waals surface area contributed by atoms with Gasteiger partial charge in [0.25, 0.3) is 0 Å². The molecule has 1 aliphatic carbocycles. The minimum atomic E-state index is -1.13. The molecule has 0 aliphatic heterocycles. The van der Waals surface area contributed by atoms with Gasteiger partial charge in [-0.15, -0.1) is 0 Å². The first-order chi connectivity index (χ1) is 7.55. The Labute approximate surface area is 99.2 Å². The molecule has 0 amide bonds. The van der Waals surface area contributed by atoms with Gasteiger partial charge in [-0.2, -0.15) is 0 Å². The Hall–Kier alpha value is -0.900. The van der Waals surface area contributed by atoms with E-state index in [0.29, 0.717) is 23.4 Å². The van der Waals surface area contributed by atoms with E-state index in [9.17, 15) is 9.90 Å². The van der Waals surface area contributed by atoms with Crippen LogP contribution in [0.2, 0.25) is 5.02 Å². The van der Waals surface area contributed by atoms with Gasteiger partial charge in [-0.3, -0.25) is 4.79 Å². The third-order valence-corrected chi connectivity index (χ3v) is 3.48. The Bertz CT molecular complexity index is 421. The number of aliphatic hydroxyl groups excluding tert-OH is 1. The molecule has 86 valence electrons. The number of rotatable bonds is 1. The van der Waals surface area contributed by atoms with Crippen molar-refractivity contribution in [3.8, 4) is 0 Å². The van der Waals surface area contributed by atoms with Crippen molar-refractivity contribution in [3.05, 3.63) is 34.9 Å². The molecule has 1 aliphatic rings. The van der Waals surface area contributed by atoms with Gasteiger partial charge in [-0.25, -0.2) is 0 Å². The number of Topliss-reactive ketones (excluding diaryl/α,β-unsaturated/α-hetero) is 1. The minimum absolute atomic E-state index is 0.327. The minimum Gasteiger partial charge on any atom is -0.385 e. The Morgan fingerprint density at radius 2 is 2.12 bits per heavy atom. The normalized spacial score (nSPS) is 30.4. The van der Waals surface area contributed by atoms with Crippen LogP contribution in [0.5, 0.6) is 0 Å². The van der Waals surface area contributed by atoms with E-state index in [1.54, 1.807) is 24.3 Å². The quantitative estimate of drug-likeness (QED) is 0.783. The van der Waals surface area contributed by atoms with E-state index >= 15 is 0 Å². The van der Waals surface area contributed by atoms with Crippen LogP contribution in [0.4, 0.5) is 0 Å². The van der Waals surface area contributed by atoms with Gasteiger partial charge >= 0.3 is 0 Å². The Balaban J connectivity index is 2.45. The summed E-state index contributed by atoms with van der Waals surface area (Å²) >= 11 is 6.05. The Kier molecular flexibility index (Phi) is 3.02. The van der Waals surface area contributed by atoms with Crippen molar-refractivity contribution in [2.45, 2.75) is 30.9 Å². The van der Waals surface area contributed by atoms with Crippen molar-refractivity contribution >= 4 is 17.4 Å². The second kappa shape index (κ2) is 4.17. The maximum absolute atomic E-state index is 12.0. The molecule has 2 atom stereocenters. The summed E-state index contributed by atoms with van der Waals surface area (Å²) in [6.45, 7) is 0. The molecule has 0 radical (unpaired) electrons. The number of carbonyl (C=O) groups excluding carboxylic acids is 1. The molecule has 1 saturated carbocycles. The molecule has 0 heterocycles. The molecule has 0 unspecified atom stereocenters. The topological polar surface area (TPSA) is 63.3 Å². The molecule has 16 heavy (non-hydrogen) atoms.